The van der Waals surface area contributed by atoms with Crippen LogP contribution in [0.2, 0.25) is 0 Å². The number of hydrogen-bond donors (Lipinski definition) is 2. The summed E-state index contributed by atoms with van der Waals surface area (Å²) < 4.78 is 0. The minimum Gasteiger partial charge on any atom is -0.356 e. The van der Waals surface area contributed by atoms with Crippen molar-refractivity contribution in [2.24, 2.45) is 4.99 Å². The van der Waals surface area contributed by atoms with E-state index >= 15 is 0 Å². The van der Waals surface area contributed by atoms with Crippen LogP contribution in [0, 0.1) is 0 Å². The Labute approximate surface area is 158 Å². The molecule has 4 nitrogen and oxygen atoms in total. The number of nitrogens with zero attached hydrogens (tertiary/aromatic N) is 2. The van der Waals surface area contributed by atoms with Crippen molar-refractivity contribution in [3.05, 3.63) is 35.4 Å². The van der Waals surface area contributed by atoms with E-state index in [4.69, 9.17) is 0 Å². The molecule has 1 saturated heterocycles. The van der Waals surface area contributed by atoms with Crippen LogP contribution in [0.4, 0.5) is 0 Å². The van der Waals surface area contributed by atoms with Crippen LogP contribution >= 0.6 is 24.0 Å². The van der Waals surface area contributed by atoms with Crippen molar-refractivity contribution < 1.29 is 0 Å². The largest absolute Gasteiger partial charge is 0.356 e. The van der Waals surface area contributed by atoms with E-state index in [0.29, 0.717) is 0 Å². The highest BCUT2D eigenvalue weighted by atomic mass is 127. The van der Waals surface area contributed by atoms with Gasteiger partial charge in [-0.25, -0.2) is 0 Å². The second-order valence-corrected chi connectivity index (χ2v) is 5.88. The average Bonchev–Trinajstić information content (AvgIpc) is 3.08. The van der Waals surface area contributed by atoms with E-state index in [1.165, 1.54) is 50.0 Å². The molecule has 5 heteroatoms. The molecule has 0 saturated carbocycles. The predicted molar refractivity (Wildman–Crippen MR) is 110 cm³/mol. The molecule has 0 bridgehead atoms. The van der Waals surface area contributed by atoms with Crippen LogP contribution in [0.15, 0.2) is 29.3 Å². The molecule has 130 valence electrons. The number of benzene rings is 1. The highest BCUT2D eigenvalue weighted by Gasteiger charge is 2.10. The van der Waals surface area contributed by atoms with Gasteiger partial charge < -0.3 is 15.5 Å². The van der Waals surface area contributed by atoms with Gasteiger partial charge in [0.05, 0.1) is 0 Å². The Bertz CT molecular complexity index is 470. The number of hydrogen-bond acceptors (Lipinski definition) is 2. The average molecular weight is 430 g/mol. The maximum absolute atomic E-state index is 4.31. The first-order chi connectivity index (χ1) is 10.8. The van der Waals surface area contributed by atoms with E-state index in [0.717, 1.165) is 25.5 Å². The van der Waals surface area contributed by atoms with Crippen LogP contribution in [-0.2, 0) is 13.0 Å². The number of aryl methyl sites for hydroxylation is 1. The molecule has 1 aliphatic heterocycles. The molecule has 0 spiro atoms. The van der Waals surface area contributed by atoms with E-state index in [9.17, 15) is 0 Å². The molecule has 1 aromatic carbocycles. The molecular formula is C18H31IN4. The van der Waals surface area contributed by atoms with Gasteiger partial charge in [0.25, 0.3) is 0 Å². The Balaban J connectivity index is 0.00000264. The van der Waals surface area contributed by atoms with E-state index in [1.54, 1.807) is 0 Å². The summed E-state index contributed by atoms with van der Waals surface area (Å²) >= 11 is 0. The van der Waals surface area contributed by atoms with Crippen LogP contribution < -0.4 is 10.6 Å². The predicted octanol–water partition coefficient (Wildman–Crippen LogP) is 3.02. The summed E-state index contributed by atoms with van der Waals surface area (Å²) in [6, 6.07) is 8.59. The maximum Gasteiger partial charge on any atom is 0.191 e. The number of nitrogens with one attached hydrogen (secondary N) is 2. The second-order valence-electron chi connectivity index (χ2n) is 5.88. The first kappa shape index (κ1) is 20.2. The normalized spacial score (nSPS) is 15.3. The molecule has 0 unspecified atom stereocenters. The lowest BCUT2D eigenvalue weighted by Gasteiger charge is -2.16. The van der Waals surface area contributed by atoms with Crippen LogP contribution in [0.3, 0.4) is 0 Å². The Morgan fingerprint density at radius 1 is 1.13 bits per heavy atom. The summed E-state index contributed by atoms with van der Waals surface area (Å²) in [5.41, 5.74) is 2.75. The smallest absolute Gasteiger partial charge is 0.191 e. The van der Waals surface area contributed by atoms with Gasteiger partial charge in [-0.3, -0.25) is 4.99 Å². The van der Waals surface area contributed by atoms with Crippen LogP contribution in [0.25, 0.3) is 0 Å². The molecule has 0 aromatic heterocycles. The standard InChI is InChI=1S/C18H30N4.HI/c1-3-16-9-4-5-10-17(16)15-21-18(19-2)20-11-8-14-22-12-6-7-13-22;/h4-5,9-10H,3,6-8,11-15H2,1-2H3,(H2,19,20,21);1H. The number of halogens is 1. The topological polar surface area (TPSA) is 39.7 Å². The van der Waals surface area contributed by atoms with E-state index in [2.05, 4.69) is 51.7 Å². The molecule has 2 rings (SSSR count). The highest BCUT2D eigenvalue weighted by molar-refractivity contribution is 14.0. The van der Waals surface area contributed by atoms with Crippen molar-refractivity contribution in [2.75, 3.05) is 33.2 Å². The summed E-state index contributed by atoms with van der Waals surface area (Å²) in [6.07, 6.45) is 4.98. The van der Waals surface area contributed by atoms with Crippen LogP contribution in [0.1, 0.15) is 37.3 Å². The van der Waals surface area contributed by atoms with Gasteiger partial charge in [0.2, 0.25) is 0 Å². The zero-order valence-corrected chi connectivity index (χ0v) is 16.8. The quantitative estimate of drug-likeness (QED) is 0.303. The van der Waals surface area contributed by atoms with Crippen molar-refractivity contribution in [2.45, 2.75) is 39.2 Å². The molecule has 1 aromatic rings. The summed E-state index contributed by atoms with van der Waals surface area (Å²) in [5.74, 6) is 0.896. The number of aliphatic imine (C=N–C) groups is 1. The Hall–Kier alpha value is -0.820. The third-order valence-electron chi connectivity index (χ3n) is 4.31. The first-order valence-electron chi connectivity index (χ1n) is 8.57. The summed E-state index contributed by atoms with van der Waals surface area (Å²) in [5, 5.41) is 6.83. The fourth-order valence-corrected chi connectivity index (χ4v) is 2.99. The van der Waals surface area contributed by atoms with Crippen LogP contribution in [-0.4, -0.2) is 44.1 Å². The van der Waals surface area contributed by atoms with Crippen molar-refractivity contribution in [1.29, 1.82) is 0 Å². The molecule has 0 amide bonds. The minimum atomic E-state index is 0. The van der Waals surface area contributed by atoms with E-state index in [-0.39, 0.29) is 24.0 Å². The van der Waals surface area contributed by atoms with Crippen molar-refractivity contribution in [1.82, 2.24) is 15.5 Å². The third kappa shape index (κ3) is 7.08. The van der Waals surface area contributed by atoms with Gasteiger partial charge >= 0.3 is 0 Å². The Kier molecular flexibility index (Phi) is 10.3. The summed E-state index contributed by atoms with van der Waals surface area (Å²) in [4.78, 5) is 6.86. The Morgan fingerprint density at radius 3 is 2.48 bits per heavy atom. The fraction of sp³-hybridized carbons (Fsp3) is 0.611. The number of rotatable bonds is 7. The van der Waals surface area contributed by atoms with Crippen LogP contribution in [0.5, 0.6) is 0 Å². The van der Waals surface area contributed by atoms with Gasteiger partial charge in [-0.1, -0.05) is 31.2 Å². The summed E-state index contributed by atoms with van der Waals surface area (Å²) in [7, 11) is 1.83. The highest BCUT2D eigenvalue weighted by Crippen LogP contribution is 2.09. The van der Waals surface area contributed by atoms with Gasteiger partial charge in [0.15, 0.2) is 5.96 Å². The fourth-order valence-electron chi connectivity index (χ4n) is 2.99. The van der Waals surface area contributed by atoms with Gasteiger partial charge in [-0.15, -0.1) is 24.0 Å². The first-order valence-corrected chi connectivity index (χ1v) is 8.57. The van der Waals surface area contributed by atoms with E-state index in [1.807, 2.05) is 7.05 Å². The molecular weight excluding hydrogens is 399 g/mol. The lowest BCUT2D eigenvalue weighted by atomic mass is 10.1. The lowest BCUT2D eigenvalue weighted by molar-refractivity contribution is 0.334. The molecule has 0 aliphatic carbocycles. The van der Waals surface area contributed by atoms with Gasteiger partial charge in [-0.2, -0.15) is 0 Å². The zero-order chi connectivity index (χ0) is 15.6. The molecule has 0 radical (unpaired) electrons. The molecule has 2 N–H and O–H groups in total. The Morgan fingerprint density at radius 2 is 1.83 bits per heavy atom. The monoisotopic (exact) mass is 430 g/mol. The minimum absolute atomic E-state index is 0. The SMILES string of the molecule is CCc1ccccc1CNC(=NC)NCCCN1CCCC1.I. The molecule has 1 aliphatic rings. The van der Waals surface area contributed by atoms with Crippen molar-refractivity contribution >= 4 is 29.9 Å². The molecule has 1 fully saturated rings. The lowest BCUT2D eigenvalue weighted by Crippen LogP contribution is -2.38. The summed E-state index contributed by atoms with van der Waals surface area (Å²) in [6.45, 7) is 7.76. The van der Waals surface area contributed by atoms with E-state index < -0.39 is 0 Å². The molecule has 23 heavy (non-hydrogen) atoms. The third-order valence-corrected chi connectivity index (χ3v) is 4.31. The van der Waals surface area contributed by atoms with Crippen molar-refractivity contribution in [3.8, 4) is 0 Å². The van der Waals surface area contributed by atoms with Gasteiger partial charge in [0, 0.05) is 20.1 Å². The van der Waals surface area contributed by atoms with Gasteiger partial charge in [-0.05, 0) is 56.4 Å². The molecule has 1 heterocycles. The maximum atomic E-state index is 4.31. The number of guanidine groups is 1. The van der Waals surface area contributed by atoms with Crippen molar-refractivity contribution in [3.63, 3.8) is 0 Å². The second kappa shape index (κ2) is 11.7. The molecule has 0 atom stereocenters. The zero-order valence-electron chi connectivity index (χ0n) is 14.5. The number of likely N-dealkylation sites (tertiary alicyclic amines) is 1. The van der Waals surface area contributed by atoms with Gasteiger partial charge in [0.1, 0.15) is 0 Å².